The molecule has 0 radical (unpaired) electrons. The van der Waals surface area contributed by atoms with Gasteiger partial charge in [0.15, 0.2) is 5.13 Å². The Kier molecular flexibility index (Phi) is 7.53. The van der Waals surface area contributed by atoms with Crippen molar-refractivity contribution in [2.24, 2.45) is 0 Å². The zero-order valence-corrected chi connectivity index (χ0v) is 19.2. The van der Waals surface area contributed by atoms with Crippen LogP contribution in [0.15, 0.2) is 36.4 Å². The molecular formula is C22H26ClN3O3S. The van der Waals surface area contributed by atoms with E-state index in [9.17, 15) is 4.79 Å². The van der Waals surface area contributed by atoms with Crippen molar-refractivity contribution in [2.75, 3.05) is 46.3 Å². The molecular weight excluding hydrogens is 422 g/mol. The van der Waals surface area contributed by atoms with Gasteiger partial charge in [-0.2, -0.15) is 0 Å². The zero-order valence-electron chi connectivity index (χ0n) is 17.6. The summed E-state index contributed by atoms with van der Waals surface area (Å²) in [6.45, 7) is 1.43. The second kappa shape index (κ2) is 10.1. The van der Waals surface area contributed by atoms with Crippen LogP contribution in [0.1, 0.15) is 12.0 Å². The van der Waals surface area contributed by atoms with E-state index in [1.165, 1.54) is 11.3 Å². The van der Waals surface area contributed by atoms with Crippen LogP contribution in [0.5, 0.6) is 11.5 Å². The quantitative estimate of drug-likeness (QED) is 0.483. The summed E-state index contributed by atoms with van der Waals surface area (Å²) in [5.74, 6) is 1.32. The van der Waals surface area contributed by atoms with Crippen LogP contribution >= 0.6 is 22.9 Å². The lowest BCUT2D eigenvalue weighted by Gasteiger charge is -2.21. The second-order valence-corrected chi connectivity index (χ2v) is 8.50. The number of fused-ring (bicyclic) bond motifs is 1. The number of methoxy groups -OCH3 is 2. The summed E-state index contributed by atoms with van der Waals surface area (Å²) in [6.07, 6.45) is 1.04. The first-order valence-corrected chi connectivity index (χ1v) is 10.8. The van der Waals surface area contributed by atoms with E-state index in [-0.39, 0.29) is 12.3 Å². The highest BCUT2D eigenvalue weighted by Crippen LogP contribution is 2.40. The van der Waals surface area contributed by atoms with E-state index in [1.54, 1.807) is 25.2 Å². The molecule has 0 saturated heterocycles. The fourth-order valence-corrected chi connectivity index (χ4v) is 4.48. The first-order chi connectivity index (χ1) is 14.4. The average Bonchev–Trinajstić information content (AvgIpc) is 3.16. The Morgan fingerprint density at radius 1 is 1.07 bits per heavy atom. The van der Waals surface area contributed by atoms with Crippen LogP contribution in [0.3, 0.4) is 0 Å². The van der Waals surface area contributed by atoms with Gasteiger partial charge in [0.1, 0.15) is 21.7 Å². The van der Waals surface area contributed by atoms with Crippen LogP contribution in [-0.2, 0) is 11.2 Å². The first kappa shape index (κ1) is 22.3. The number of ether oxygens (including phenoxy) is 2. The highest BCUT2D eigenvalue weighted by molar-refractivity contribution is 7.22. The second-order valence-electron chi connectivity index (χ2n) is 7.11. The fourth-order valence-electron chi connectivity index (χ4n) is 3.16. The number of amides is 1. The summed E-state index contributed by atoms with van der Waals surface area (Å²) in [7, 11) is 7.27. The van der Waals surface area contributed by atoms with Crippen LogP contribution in [0.25, 0.3) is 10.2 Å². The third-order valence-electron chi connectivity index (χ3n) is 4.72. The van der Waals surface area contributed by atoms with Crippen molar-refractivity contribution in [2.45, 2.75) is 12.8 Å². The molecule has 3 aromatic rings. The molecule has 0 unspecified atom stereocenters. The number of aromatic nitrogens is 1. The molecule has 0 aliphatic carbocycles. The van der Waals surface area contributed by atoms with Crippen LogP contribution in [-0.4, -0.2) is 57.2 Å². The van der Waals surface area contributed by atoms with Gasteiger partial charge in [0.05, 0.1) is 20.6 Å². The number of thiazole rings is 1. The molecule has 0 aliphatic heterocycles. The number of anilines is 1. The highest BCUT2D eigenvalue weighted by atomic mass is 35.5. The molecule has 0 N–H and O–H groups in total. The topological polar surface area (TPSA) is 54.9 Å². The monoisotopic (exact) mass is 447 g/mol. The largest absolute Gasteiger partial charge is 0.495 e. The number of benzene rings is 2. The Bertz CT molecular complexity index is 981. The smallest absolute Gasteiger partial charge is 0.233 e. The number of halogens is 1. The molecule has 1 amide bonds. The lowest BCUT2D eigenvalue weighted by molar-refractivity contribution is -0.118. The van der Waals surface area contributed by atoms with Gasteiger partial charge in [0.25, 0.3) is 0 Å². The van der Waals surface area contributed by atoms with Crippen molar-refractivity contribution in [1.82, 2.24) is 9.88 Å². The Morgan fingerprint density at radius 3 is 2.43 bits per heavy atom. The third kappa shape index (κ3) is 5.03. The number of nitrogens with zero attached hydrogens (tertiary/aromatic N) is 3. The summed E-state index contributed by atoms with van der Waals surface area (Å²) >= 11 is 7.72. The summed E-state index contributed by atoms with van der Waals surface area (Å²) in [4.78, 5) is 21.9. The van der Waals surface area contributed by atoms with Crippen molar-refractivity contribution < 1.29 is 14.3 Å². The minimum absolute atomic E-state index is 0.0427. The van der Waals surface area contributed by atoms with Gasteiger partial charge in [-0.3, -0.25) is 9.69 Å². The molecule has 0 spiro atoms. The van der Waals surface area contributed by atoms with E-state index in [0.717, 1.165) is 23.2 Å². The van der Waals surface area contributed by atoms with Crippen molar-refractivity contribution in [1.29, 1.82) is 0 Å². The van der Waals surface area contributed by atoms with E-state index in [4.69, 9.17) is 26.1 Å². The Morgan fingerprint density at radius 2 is 1.77 bits per heavy atom. The number of rotatable bonds is 9. The maximum absolute atomic E-state index is 13.3. The van der Waals surface area contributed by atoms with Gasteiger partial charge in [0, 0.05) is 11.6 Å². The standard InChI is InChI=1S/C22H26ClN3O3S/c1-25(2)12-7-13-26(19(27)14-15-8-5-6-9-16(15)23)22-24-20-17(28-3)10-11-18(29-4)21(20)30-22/h5-6,8-11H,7,12-14H2,1-4H3. The van der Waals surface area contributed by atoms with Gasteiger partial charge in [0.2, 0.25) is 5.91 Å². The molecule has 0 fully saturated rings. The average molecular weight is 448 g/mol. The van der Waals surface area contributed by atoms with E-state index in [0.29, 0.717) is 33.7 Å². The number of carbonyl (C=O) groups is 1. The number of hydrogen-bond donors (Lipinski definition) is 0. The van der Waals surface area contributed by atoms with Crippen molar-refractivity contribution >= 4 is 44.2 Å². The molecule has 3 rings (SSSR count). The van der Waals surface area contributed by atoms with Crippen LogP contribution in [0.2, 0.25) is 5.02 Å². The molecule has 0 saturated carbocycles. The van der Waals surface area contributed by atoms with Crippen LogP contribution in [0, 0.1) is 0 Å². The summed E-state index contributed by atoms with van der Waals surface area (Å²) in [5.41, 5.74) is 1.50. The molecule has 30 heavy (non-hydrogen) atoms. The van der Waals surface area contributed by atoms with Gasteiger partial charge < -0.3 is 14.4 Å². The van der Waals surface area contributed by atoms with Gasteiger partial charge in [-0.15, -0.1) is 0 Å². The lowest BCUT2D eigenvalue weighted by atomic mass is 10.1. The minimum atomic E-state index is -0.0427. The normalized spacial score (nSPS) is 11.1. The zero-order chi connectivity index (χ0) is 21.7. The van der Waals surface area contributed by atoms with Gasteiger partial charge in [-0.05, 0) is 50.8 Å². The van der Waals surface area contributed by atoms with Gasteiger partial charge in [-0.1, -0.05) is 41.1 Å². The number of hydrogen-bond acceptors (Lipinski definition) is 6. The molecule has 2 aromatic carbocycles. The highest BCUT2D eigenvalue weighted by Gasteiger charge is 2.23. The summed E-state index contributed by atoms with van der Waals surface area (Å²) in [6, 6.07) is 11.1. The molecule has 6 nitrogen and oxygen atoms in total. The Balaban J connectivity index is 1.97. The molecule has 0 aliphatic rings. The molecule has 8 heteroatoms. The molecule has 0 bridgehead atoms. The van der Waals surface area contributed by atoms with Crippen molar-refractivity contribution in [3.63, 3.8) is 0 Å². The predicted molar refractivity (Wildman–Crippen MR) is 123 cm³/mol. The lowest BCUT2D eigenvalue weighted by Crippen LogP contribution is -2.34. The summed E-state index contributed by atoms with van der Waals surface area (Å²) in [5, 5.41) is 1.22. The molecule has 1 aromatic heterocycles. The third-order valence-corrected chi connectivity index (χ3v) is 6.18. The maximum Gasteiger partial charge on any atom is 0.233 e. The van der Waals surface area contributed by atoms with E-state index in [1.807, 2.05) is 44.4 Å². The van der Waals surface area contributed by atoms with Gasteiger partial charge in [-0.25, -0.2) is 4.98 Å². The molecule has 160 valence electrons. The fraction of sp³-hybridized carbons (Fsp3) is 0.364. The van der Waals surface area contributed by atoms with Crippen molar-refractivity contribution in [3.8, 4) is 11.5 Å². The molecule has 0 atom stereocenters. The summed E-state index contributed by atoms with van der Waals surface area (Å²) < 4.78 is 11.8. The van der Waals surface area contributed by atoms with Gasteiger partial charge >= 0.3 is 0 Å². The van der Waals surface area contributed by atoms with E-state index in [2.05, 4.69) is 4.90 Å². The minimum Gasteiger partial charge on any atom is -0.495 e. The Hall–Kier alpha value is -2.35. The van der Waals surface area contributed by atoms with Crippen LogP contribution in [0.4, 0.5) is 5.13 Å². The maximum atomic E-state index is 13.3. The Labute approximate surface area is 186 Å². The predicted octanol–water partition coefficient (Wildman–Crippen LogP) is 4.49. The van der Waals surface area contributed by atoms with Crippen LogP contribution < -0.4 is 14.4 Å². The number of carbonyl (C=O) groups excluding carboxylic acids is 1. The first-order valence-electron chi connectivity index (χ1n) is 9.64. The van der Waals surface area contributed by atoms with E-state index >= 15 is 0 Å². The van der Waals surface area contributed by atoms with E-state index < -0.39 is 0 Å². The van der Waals surface area contributed by atoms with Crippen molar-refractivity contribution in [3.05, 3.63) is 47.0 Å². The SMILES string of the molecule is COc1ccc(OC)c2sc(N(CCCN(C)C)C(=O)Cc3ccccc3Cl)nc12. The molecule has 1 heterocycles.